The molecule has 0 radical (unpaired) electrons. The smallest absolute Gasteiger partial charge is 0.263 e. The van der Waals surface area contributed by atoms with Crippen molar-refractivity contribution in [1.82, 2.24) is 15.2 Å². The SMILES string of the molecule is CCOc1ccc(N=C2NC(=O)C(F)C3CCC(c4ccc(F)cc4)N23)c(C)n1. The highest BCUT2D eigenvalue weighted by Crippen LogP contribution is 2.40. The summed E-state index contributed by atoms with van der Waals surface area (Å²) in [6.07, 6.45) is -0.486. The molecule has 2 fully saturated rings. The third kappa shape index (κ3) is 3.66. The number of alkyl halides is 1. The quantitative estimate of drug-likeness (QED) is 0.852. The molecule has 29 heavy (non-hydrogen) atoms. The molecule has 1 amide bonds. The zero-order valence-corrected chi connectivity index (χ0v) is 16.2. The number of hydrogen-bond acceptors (Lipinski definition) is 4. The molecule has 3 unspecified atom stereocenters. The molecule has 2 aliphatic rings. The maximum atomic E-state index is 14.6. The Balaban J connectivity index is 1.71. The molecule has 6 nitrogen and oxygen atoms in total. The lowest BCUT2D eigenvalue weighted by atomic mass is 10.0. The molecule has 0 saturated carbocycles. The number of guanidine groups is 1. The molecule has 1 aromatic heterocycles. The van der Waals surface area contributed by atoms with Gasteiger partial charge in [0.15, 0.2) is 6.17 Å². The van der Waals surface area contributed by atoms with Crippen LogP contribution in [-0.4, -0.2) is 40.6 Å². The number of carbonyl (C=O) groups excluding carboxylic acids is 1. The maximum absolute atomic E-state index is 14.6. The second kappa shape index (κ2) is 7.77. The second-order valence-electron chi connectivity index (χ2n) is 7.13. The number of pyridine rings is 1. The molecule has 2 saturated heterocycles. The summed E-state index contributed by atoms with van der Waals surface area (Å²) in [6.45, 7) is 4.17. The van der Waals surface area contributed by atoms with Gasteiger partial charge in [-0.1, -0.05) is 12.1 Å². The minimum absolute atomic E-state index is 0.200. The second-order valence-corrected chi connectivity index (χ2v) is 7.13. The number of carbonyl (C=O) groups is 1. The van der Waals surface area contributed by atoms with Gasteiger partial charge in [0.2, 0.25) is 11.8 Å². The van der Waals surface area contributed by atoms with Crippen LogP contribution in [0.15, 0.2) is 41.4 Å². The summed E-state index contributed by atoms with van der Waals surface area (Å²) >= 11 is 0. The van der Waals surface area contributed by atoms with Crippen LogP contribution in [0.2, 0.25) is 0 Å². The van der Waals surface area contributed by atoms with Crippen molar-refractivity contribution < 1.29 is 18.3 Å². The Labute approximate surface area is 167 Å². The van der Waals surface area contributed by atoms with Crippen LogP contribution in [0.4, 0.5) is 14.5 Å². The first-order valence-electron chi connectivity index (χ1n) is 9.65. The van der Waals surface area contributed by atoms with E-state index in [-0.39, 0.29) is 17.8 Å². The summed E-state index contributed by atoms with van der Waals surface area (Å²) in [5, 5.41) is 2.59. The van der Waals surface area contributed by atoms with E-state index in [1.807, 2.05) is 6.92 Å². The maximum Gasteiger partial charge on any atom is 0.263 e. The largest absolute Gasteiger partial charge is 0.478 e. The van der Waals surface area contributed by atoms with E-state index in [9.17, 15) is 13.6 Å². The van der Waals surface area contributed by atoms with Crippen molar-refractivity contribution in [2.24, 2.45) is 4.99 Å². The first kappa shape index (κ1) is 19.3. The monoisotopic (exact) mass is 400 g/mol. The zero-order valence-electron chi connectivity index (χ0n) is 16.2. The van der Waals surface area contributed by atoms with Gasteiger partial charge in [-0.15, -0.1) is 0 Å². The van der Waals surface area contributed by atoms with Crippen LogP contribution in [0.5, 0.6) is 5.88 Å². The average molecular weight is 400 g/mol. The topological polar surface area (TPSA) is 66.8 Å². The molecule has 0 spiro atoms. The van der Waals surface area contributed by atoms with Crippen molar-refractivity contribution in [3.05, 3.63) is 53.5 Å². The highest BCUT2D eigenvalue weighted by Gasteiger charge is 2.47. The van der Waals surface area contributed by atoms with Gasteiger partial charge in [0, 0.05) is 6.07 Å². The Morgan fingerprint density at radius 2 is 2.00 bits per heavy atom. The van der Waals surface area contributed by atoms with Crippen LogP contribution >= 0.6 is 0 Å². The summed E-state index contributed by atoms with van der Waals surface area (Å²) < 4.78 is 33.4. The van der Waals surface area contributed by atoms with Gasteiger partial charge in [0.05, 0.1) is 30.1 Å². The Hall–Kier alpha value is -3.03. The molecule has 2 aromatic rings. The van der Waals surface area contributed by atoms with Gasteiger partial charge >= 0.3 is 0 Å². The van der Waals surface area contributed by atoms with Crippen LogP contribution in [0.3, 0.4) is 0 Å². The molecule has 3 heterocycles. The number of aliphatic imine (C=N–C) groups is 1. The number of nitrogens with zero attached hydrogens (tertiary/aromatic N) is 3. The fourth-order valence-corrected chi connectivity index (χ4v) is 3.94. The Morgan fingerprint density at radius 3 is 2.69 bits per heavy atom. The predicted octanol–water partition coefficient (Wildman–Crippen LogP) is 3.59. The first-order valence-corrected chi connectivity index (χ1v) is 9.65. The van der Waals surface area contributed by atoms with Crippen LogP contribution < -0.4 is 10.1 Å². The van der Waals surface area contributed by atoms with Crippen LogP contribution in [0, 0.1) is 12.7 Å². The summed E-state index contributed by atoms with van der Waals surface area (Å²) in [4.78, 5) is 22.9. The zero-order chi connectivity index (χ0) is 20.5. The minimum Gasteiger partial charge on any atom is -0.478 e. The van der Waals surface area contributed by atoms with Crippen molar-refractivity contribution in [3.8, 4) is 5.88 Å². The van der Waals surface area contributed by atoms with E-state index in [1.165, 1.54) is 12.1 Å². The number of amides is 1. The molecule has 1 N–H and O–H groups in total. The van der Waals surface area contributed by atoms with Gasteiger partial charge < -0.3 is 9.64 Å². The lowest BCUT2D eigenvalue weighted by molar-refractivity contribution is -0.128. The van der Waals surface area contributed by atoms with Crippen molar-refractivity contribution in [1.29, 1.82) is 0 Å². The van der Waals surface area contributed by atoms with Gasteiger partial charge in [-0.05, 0) is 50.5 Å². The number of nitrogens with one attached hydrogen (secondary N) is 1. The minimum atomic E-state index is -1.64. The molecule has 3 atom stereocenters. The highest BCUT2D eigenvalue weighted by molar-refractivity contribution is 6.03. The third-order valence-electron chi connectivity index (χ3n) is 5.30. The van der Waals surface area contributed by atoms with E-state index in [0.717, 1.165) is 5.56 Å². The van der Waals surface area contributed by atoms with E-state index < -0.39 is 18.1 Å². The Kier molecular flexibility index (Phi) is 5.17. The molecule has 1 aromatic carbocycles. The summed E-state index contributed by atoms with van der Waals surface area (Å²) in [7, 11) is 0. The molecular formula is C21H22F2N4O2. The lowest BCUT2D eigenvalue weighted by Gasteiger charge is -2.38. The molecule has 8 heteroatoms. The van der Waals surface area contributed by atoms with E-state index in [2.05, 4.69) is 15.3 Å². The van der Waals surface area contributed by atoms with Gasteiger partial charge in [-0.25, -0.2) is 18.8 Å². The number of rotatable bonds is 4. The van der Waals surface area contributed by atoms with Crippen molar-refractivity contribution in [3.63, 3.8) is 0 Å². The number of hydrogen-bond donors (Lipinski definition) is 1. The number of aryl methyl sites for hydroxylation is 1. The van der Waals surface area contributed by atoms with E-state index >= 15 is 0 Å². The van der Waals surface area contributed by atoms with E-state index in [0.29, 0.717) is 36.7 Å². The summed E-state index contributed by atoms with van der Waals surface area (Å²) in [5.74, 6) is -0.242. The van der Waals surface area contributed by atoms with Gasteiger partial charge in [0.25, 0.3) is 5.91 Å². The molecular weight excluding hydrogens is 378 g/mol. The van der Waals surface area contributed by atoms with Crippen LogP contribution in [-0.2, 0) is 4.79 Å². The predicted molar refractivity (Wildman–Crippen MR) is 104 cm³/mol. The molecule has 4 rings (SSSR count). The fourth-order valence-electron chi connectivity index (χ4n) is 3.94. The highest BCUT2D eigenvalue weighted by atomic mass is 19.1. The third-order valence-corrected chi connectivity index (χ3v) is 5.30. The fraction of sp³-hybridized carbons (Fsp3) is 0.381. The van der Waals surface area contributed by atoms with E-state index in [1.54, 1.807) is 36.1 Å². The Bertz CT molecular complexity index is 948. The number of halogens is 2. The van der Waals surface area contributed by atoms with Gasteiger partial charge in [-0.2, -0.15) is 0 Å². The van der Waals surface area contributed by atoms with Gasteiger partial charge in [0.1, 0.15) is 5.82 Å². The van der Waals surface area contributed by atoms with Crippen LogP contribution in [0.1, 0.15) is 37.1 Å². The summed E-state index contributed by atoms with van der Waals surface area (Å²) in [5.41, 5.74) is 2.05. The van der Waals surface area contributed by atoms with Crippen LogP contribution in [0.25, 0.3) is 0 Å². The standard InChI is InChI=1S/C21H22F2N4O2/c1-3-29-18-11-8-15(12(2)24-18)25-21-26-20(28)19(23)17-10-9-16(27(17)21)13-4-6-14(22)7-5-13/h4-8,11,16-17,19H,3,9-10H2,1-2H3,(H,25,26,28). The number of ether oxygens (including phenoxy) is 1. The average Bonchev–Trinajstić information content (AvgIpc) is 3.14. The molecule has 2 aliphatic heterocycles. The van der Waals surface area contributed by atoms with Gasteiger partial charge in [-0.3, -0.25) is 10.1 Å². The number of benzene rings is 1. The normalized spacial score (nSPS) is 25.1. The van der Waals surface area contributed by atoms with Crippen molar-refractivity contribution in [2.75, 3.05) is 6.61 Å². The van der Waals surface area contributed by atoms with Crippen molar-refractivity contribution in [2.45, 2.75) is 44.9 Å². The molecule has 0 aliphatic carbocycles. The Morgan fingerprint density at radius 1 is 1.24 bits per heavy atom. The lowest BCUT2D eigenvalue weighted by Crippen LogP contribution is -2.60. The number of fused-ring (bicyclic) bond motifs is 1. The molecule has 0 bridgehead atoms. The van der Waals surface area contributed by atoms with Crippen molar-refractivity contribution >= 4 is 17.6 Å². The summed E-state index contributed by atoms with van der Waals surface area (Å²) in [6, 6.07) is 8.80. The first-order chi connectivity index (χ1) is 14.0. The molecule has 152 valence electrons. The van der Waals surface area contributed by atoms with E-state index in [4.69, 9.17) is 4.74 Å². The number of aromatic nitrogens is 1.